The van der Waals surface area contributed by atoms with Crippen molar-refractivity contribution in [1.29, 1.82) is 0 Å². The third-order valence-corrected chi connectivity index (χ3v) is 3.62. The lowest BCUT2D eigenvalue weighted by molar-refractivity contribution is 0.270. The Labute approximate surface area is 114 Å². The highest BCUT2D eigenvalue weighted by Crippen LogP contribution is 2.05. The lowest BCUT2D eigenvalue weighted by Crippen LogP contribution is -2.36. The fourth-order valence-electron chi connectivity index (χ4n) is 2.42. The minimum Gasteiger partial charge on any atom is -0.312 e. The van der Waals surface area contributed by atoms with Crippen LogP contribution in [0.25, 0.3) is 0 Å². The molecule has 1 aliphatic rings. The van der Waals surface area contributed by atoms with Gasteiger partial charge in [0, 0.05) is 18.6 Å². The molecule has 1 rings (SSSR count). The van der Waals surface area contributed by atoms with Crippen LogP contribution in [-0.4, -0.2) is 61.7 Å². The molecule has 1 saturated heterocycles. The smallest absolute Gasteiger partial charge is 0.0109 e. The Hall–Kier alpha value is -0.120. The van der Waals surface area contributed by atoms with Crippen molar-refractivity contribution in [2.75, 3.05) is 46.3 Å². The van der Waals surface area contributed by atoms with Gasteiger partial charge in [-0.1, -0.05) is 6.42 Å². The lowest BCUT2D eigenvalue weighted by Gasteiger charge is -2.21. The number of nitrogens with one attached hydrogen (secondary N) is 1. The first-order valence-electron chi connectivity index (χ1n) is 7.63. The molecule has 0 atom stereocenters. The van der Waals surface area contributed by atoms with Crippen molar-refractivity contribution in [3.63, 3.8) is 0 Å². The van der Waals surface area contributed by atoms with Crippen molar-refractivity contribution in [3.05, 3.63) is 0 Å². The van der Waals surface area contributed by atoms with Gasteiger partial charge in [0.1, 0.15) is 0 Å². The molecule has 1 fully saturated rings. The summed E-state index contributed by atoms with van der Waals surface area (Å²) in [6.45, 7) is 14.2. The predicted molar refractivity (Wildman–Crippen MR) is 80.2 cm³/mol. The van der Waals surface area contributed by atoms with Gasteiger partial charge in [-0.3, -0.25) is 0 Å². The molecule has 3 heteroatoms. The van der Waals surface area contributed by atoms with E-state index < -0.39 is 0 Å². The summed E-state index contributed by atoms with van der Waals surface area (Å²) in [6, 6.07) is 0. The van der Waals surface area contributed by atoms with E-state index in [0.717, 1.165) is 6.54 Å². The molecule has 0 spiro atoms. The predicted octanol–water partition coefficient (Wildman–Crippen LogP) is 2.18. The number of unbranched alkanes of at least 4 members (excludes halogenated alkanes) is 2. The number of nitrogens with zero attached hydrogens (tertiary/aromatic N) is 2. The Balaban J connectivity index is 1.97. The van der Waals surface area contributed by atoms with Crippen LogP contribution in [0.5, 0.6) is 0 Å². The molecule has 3 nitrogen and oxygen atoms in total. The van der Waals surface area contributed by atoms with Crippen LogP contribution in [0.3, 0.4) is 0 Å². The van der Waals surface area contributed by atoms with Gasteiger partial charge in [-0.25, -0.2) is 0 Å². The Kier molecular flexibility index (Phi) is 7.20. The Bertz CT molecular complexity index is 210. The fraction of sp³-hybridized carbons (Fsp3) is 1.00. The van der Waals surface area contributed by atoms with Crippen LogP contribution in [0, 0.1) is 0 Å². The van der Waals surface area contributed by atoms with E-state index in [2.05, 4.69) is 42.9 Å². The zero-order valence-electron chi connectivity index (χ0n) is 13.0. The van der Waals surface area contributed by atoms with Crippen LogP contribution >= 0.6 is 0 Å². The van der Waals surface area contributed by atoms with Crippen LogP contribution < -0.4 is 5.32 Å². The molecule has 18 heavy (non-hydrogen) atoms. The van der Waals surface area contributed by atoms with Crippen LogP contribution in [0.1, 0.15) is 46.5 Å². The number of hydrogen-bond donors (Lipinski definition) is 1. The van der Waals surface area contributed by atoms with E-state index in [1.165, 1.54) is 58.4 Å². The fourth-order valence-corrected chi connectivity index (χ4v) is 2.42. The van der Waals surface area contributed by atoms with E-state index in [9.17, 15) is 0 Å². The summed E-state index contributed by atoms with van der Waals surface area (Å²) >= 11 is 0. The molecule has 0 aromatic heterocycles. The summed E-state index contributed by atoms with van der Waals surface area (Å²) in [7, 11) is 2.24. The third-order valence-electron chi connectivity index (χ3n) is 3.62. The number of likely N-dealkylation sites (N-methyl/N-ethyl adjacent to an activating group) is 1. The Morgan fingerprint density at radius 2 is 1.72 bits per heavy atom. The average molecular weight is 255 g/mol. The normalized spacial score (nSPS) is 20.0. The van der Waals surface area contributed by atoms with Crippen LogP contribution in [-0.2, 0) is 0 Å². The van der Waals surface area contributed by atoms with Gasteiger partial charge < -0.3 is 15.1 Å². The molecule has 0 amide bonds. The van der Waals surface area contributed by atoms with Gasteiger partial charge >= 0.3 is 0 Å². The van der Waals surface area contributed by atoms with E-state index in [4.69, 9.17) is 0 Å². The molecule has 1 heterocycles. The molecule has 0 saturated carbocycles. The zero-order valence-corrected chi connectivity index (χ0v) is 13.0. The molecular formula is C15H33N3. The minimum atomic E-state index is 0.273. The van der Waals surface area contributed by atoms with E-state index in [-0.39, 0.29) is 5.54 Å². The summed E-state index contributed by atoms with van der Waals surface area (Å²) in [4.78, 5) is 5.09. The monoisotopic (exact) mass is 255 g/mol. The summed E-state index contributed by atoms with van der Waals surface area (Å²) < 4.78 is 0. The number of hydrogen-bond acceptors (Lipinski definition) is 3. The zero-order chi connectivity index (χ0) is 13.4. The van der Waals surface area contributed by atoms with Gasteiger partial charge in [0.2, 0.25) is 0 Å². The second-order valence-electron chi connectivity index (χ2n) is 6.74. The average Bonchev–Trinajstić information content (AvgIpc) is 2.47. The molecule has 0 unspecified atom stereocenters. The van der Waals surface area contributed by atoms with Crippen molar-refractivity contribution >= 4 is 0 Å². The van der Waals surface area contributed by atoms with Crippen molar-refractivity contribution in [3.8, 4) is 0 Å². The quantitative estimate of drug-likeness (QED) is 0.734. The molecule has 1 N–H and O–H groups in total. The first kappa shape index (κ1) is 15.9. The Morgan fingerprint density at radius 1 is 0.944 bits per heavy atom. The summed E-state index contributed by atoms with van der Waals surface area (Å²) in [5.41, 5.74) is 0.273. The highest BCUT2D eigenvalue weighted by Gasteiger charge is 2.11. The van der Waals surface area contributed by atoms with Gasteiger partial charge in [0.15, 0.2) is 0 Å². The van der Waals surface area contributed by atoms with Crippen molar-refractivity contribution in [2.45, 2.75) is 52.0 Å². The van der Waals surface area contributed by atoms with Crippen molar-refractivity contribution in [2.24, 2.45) is 0 Å². The molecule has 1 aliphatic heterocycles. The molecule has 108 valence electrons. The first-order valence-corrected chi connectivity index (χ1v) is 7.63. The highest BCUT2D eigenvalue weighted by molar-refractivity contribution is 4.70. The maximum Gasteiger partial charge on any atom is 0.0109 e. The standard InChI is InChI=1S/C15H33N3/c1-15(2,3)16-9-6-5-7-11-18-12-8-10-17(4)13-14-18/h16H,5-14H2,1-4H3. The Morgan fingerprint density at radius 3 is 2.44 bits per heavy atom. The minimum absolute atomic E-state index is 0.273. The van der Waals surface area contributed by atoms with Crippen LogP contribution in [0.4, 0.5) is 0 Å². The maximum atomic E-state index is 3.56. The van der Waals surface area contributed by atoms with E-state index in [1.807, 2.05) is 0 Å². The summed E-state index contributed by atoms with van der Waals surface area (Å²) in [5, 5.41) is 3.56. The maximum absolute atomic E-state index is 3.56. The number of rotatable bonds is 6. The van der Waals surface area contributed by atoms with Crippen molar-refractivity contribution < 1.29 is 0 Å². The molecule has 0 bridgehead atoms. The molecule has 0 aromatic carbocycles. The molecule has 0 aliphatic carbocycles. The molecule has 0 aromatic rings. The van der Waals surface area contributed by atoms with Crippen LogP contribution in [0.15, 0.2) is 0 Å². The van der Waals surface area contributed by atoms with Crippen LogP contribution in [0.2, 0.25) is 0 Å². The highest BCUT2D eigenvalue weighted by atomic mass is 15.2. The molecular weight excluding hydrogens is 222 g/mol. The van der Waals surface area contributed by atoms with Gasteiger partial charge in [-0.15, -0.1) is 0 Å². The van der Waals surface area contributed by atoms with E-state index in [0.29, 0.717) is 0 Å². The summed E-state index contributed by atoms with van der Waals surface area (Å²) in [5.74, 6) is 0. The molecule has 0 radical (unpaired) electrons. The topological polar surface area (TPSA) is 18.5 Å². The summed E-state index contributed by atoms with van der Waals surface area (Å²) in [6.07, 6.45) is 5.36. The van der Waals surface area contributed by atoms with Crippen molar-refractivity contribution in [1.82, 2.24) is 15.1 Å². The van der Waals surface area contributed by atoms with Gasteiger partial charge in [-0.2, -0.15) is 0 Å². The van der Waals surface area contributed by atoms with E-state index in [1.54, 1.807) is 0 Å². The lowest BCUT2D eigenvalue weighted by atomic mass is 10.1. The second-order valence-corrected chi connectivity index (χ2v) is 6.74. The second kappa shape index (κ2) is 8.13. The first-order chi connectivity index (χ1) is 8.47. The third kappa shape index (κ3) is 8.06. The van der Waals surface area contributed by atoms with Gasteiger partial charge in [0.05, 0.1) is 0 Å². The van der Waals surface area contributed by atoms with Gasteiger partial charge in [0.25, 0.3) is 0 Å². The van der Waals surface area contributed by atoms with E-state index >= 15 is 0 Å². The largest absolute Gasteiger partial charge is 0.312 e. The van der Waals surface area contributed by atoms with Gasteiger partial charge in [-0.05, 0) is 73.3 Å². The SMILES string of the molecule is CN1CCCN(CCCCCNC(C)(C)C)CC1.